The second kappa shape index (κ2) is 7.91. The monoisotopic (exact) mass is 514 g/mol. The van der Waals surface area contributed by atoms with E-state index in [0.29, 0.717) is 40.0 Å². The van der Waals surface area contributed by atoms with Crippen molar-refractivity contribution in [3.63, 3.8) is 0 Å². The molecule has 4 heterocycles. The molecular weight excluding hydrogens is 495 g/mol. The summed E-state index contributed by atoms with van der Waals surface area (Å²) in [6, 6.07) is 15.0. The summed E-state index contributed by atoms with van der Waals surface area (Å²) in [5.41, 5.74) is 3.73. The fourth-order valence-electron chi connectivity index (χ4n) is 5.06. The Hall–Kier alpha value is -2.72. The van der Waals surface area contributed by atoms with Crippen LogP contribution in [0.15, 0.2) is 54.9 Å². The van der Waals surface area contributed by atoms with Crippen LogP contribution in [-0.4, -0.2) is 63.9 Å². The van der Waals surface area contributed by atoms with Gasteiger partial charge in [-0.3, -0.25) is 0 Å². The van der Waals surface area contributed by atoms with Crippen LogP contribution in [-0.2, 0) is 10.0 Å². The number of sulfonamides is 1. The molecule has 2 bridgehead atoms. The molecule has 0 spiro atoms. The number of hydrogen-bond acceptors (Lipinski definition) is 6. The lowest BCUT2D eigenvalue weighted by Gasteiger charge is -2.33. The molecule has 0 radical (unpaired) electrons. The molecule has 0 N–H and O–H groups in total. The van der Waals surface area contributed by atoms with Crippen LogP contribution >= 0.6 is 23.2 Å². The molecule has 0 amide bonds. The van der Waals surface area contributed by atoms with E-state index < -0.39 is 10.0 Å². The van der Waals surface area contributed by atoms with Crippen molar-refractivity contribution in [3.8, 4) is 16.9 Å². The van der Waals surface area contributed by atoms with Crippen LogP contribution in [0.25, 0.3) is 28.0 Å². The Morgan fingerprint density at radius 3 is 2.38 bits per heavy atom. The normalized spacial score (nSPS) is 20.5. The lowest BCUT2D eigenvalue weighted by atomic mass is 10.1. The highest BCUT2D eigenvalue weighted by Crippen LogP contribution is 2.40. The molecule has 8 nitrogen and oxygen atoms in total. The maximum Gasteiger partial charge on any atom is 0.211 e. The molecule has 2 saturated heterocycles. The minimum atomic E-state index is -3.24. The van der Waals surface area contributed by atoms with E-state index in [2.05, 4.69) is 14.9 Å². The van der Waals surface area contributed by atoms with Crippen LogP contribution in [0.5, 0.6) is 0 Å². The SMILES string of the molecule is CS(=O)(=O)N1CC2CC1CN2c1ncnc2c(-c3ccc(Cl)cc3)n(-c3ccccc3Cl)nc12. The summed E-state index contributed by atoms with van der Waals surface area (Å²) in [5.74, 6) is 0.701. The van der Waals surface area contributed by atoms with Gasteiger partial charge in [-0.05, 0) is 30.7 Å². The molecular formula is C23H20Cl2N6O2S. The minimum Gasteiger partial charge on any atom is -0.349 e. The van der Waals surface area contributed by atoms with Gasteiger partial charge >= 0.3 is 0 Å². The minimum absolute atomic E-state index is 0.0438. The number of benzene rings is 2. The first-order chi connectivity index (χ1) is 16.3. The van der Waals surface area contributed by atoms with E-state index in [1.807, 2.05) is 48.5 Å². The number of nitrogens with zero attached hydrogens (tertiary/aromatic N) is 6. The number of para-hydroxylation sites is 1. The van der Waals surface area contributed by atoms with Crippen molar-refractivity contribution >= 4 is 50.1 Å². The molecule has 4 aromatic rings. The first-order valence-electron chi connectivity index (χ1n) is 10.8. The van der Waals surface area contributed by atoms with Gasteiger partial charge in [0.15, 0.2) is 11.3 Å². The van der Waals surface area contributed by atoms with Crippen LogP contribution in [0.4, 0.5) is 5.82 Å². The fraction of sp³-hybridized carbons (Fsp3) is 0.261. The highest BCUT2D eigenvalue weighted by atomic mass is 35.5. The quantitative estimate of drug-likeness (QED) is 0.409. The standard InChI is InChI=1S/C23H20Cl2N6O2S/c1-34(32,33)30-12-16-10-17(30)11-29(16)23-21-20(26-13-27-23)22(14-6-8-15(24)9-7-14)31(28-21)19-5-3-2-4-18(19)25/h2-9,13,16-17H,10-12H2,1H3. The van der Waals surface area contributed by atoms with E-state index in [1.165, 1.54) is 12.6 Å². The predicted octanol–water partition coefficient (Wildman–Crippen LogP) is 4.01. The van der Waals surface area contributed by atoms with Gasteiger partial charge in [0.25, 0.3) is 0 Å². The van der Waals surface area contributed by atoms with Crippen molar-refractivity contribution in [1.29, 1.82) is 0 Å². The number of rotatable bonds is 4. The zero-order chi connectivity index (χ0) is 23.6. The Morgan fingerprint density at radius 1 is 0.941 bits per heavy atom. The smallest absolute Gasteiger partial charge is 0.211 e. The molecule has 2 unspecified atom stereocenters. The van der Waals surface area contributed by atoms with Crippen LogP contribution in [0.3, 0.4) is 0 Å². The molecule has 2 aromatic heterocycles. The molecule has 2 aliphatic rings. The van der Waals surface area contributed by atoms with E-state index in [4.69, 9.17) is 28.3 Å². The zero-order valence-electron chi connectivity index (χ0n) is 18.1. The number of halogens is 2. The molecule has 2 aromatic carbocycles. The molecule has 0 saturated carbocycles. The van der Waals surface area contributed by atoms with Gasteiger partial charge in [-0.2, -0.15) is 9.40 Å². The van der Waals surface area contributed by atoms with E-state index in [9.17, 15) is 8.42 Å². The van der Waals surface area contributed by atoms with Crippen molar-refractivity contribution < 1.29 is 8.42 Å². The summed E-state index contributed by atoms with van der Waals surface area (Å²) in [5, 5.41) is 6.13. The summed E-state index contributed by atoms with van der Waals surface area (Å²) in [6.45, 7) is 1.02. The molecule has 174 valence electrons. The number of hydrogen-bond donors (Lipinski definition) is 0. The maximum atomic E-state index is 12.1. The summed E-state index contributed by atoms with van der Waals surface area (Å²) in [6.07, 6.45) is 3.58. The molecule has 2 fully saturated rings. The average molecular weight is 515 g/mol. The van der Waals surface area contributed by atoms with Gasteiger partial charge in [0.1, 0.15) is 17.5 Å². The van der Waals surface area contributed by atoms with Gasteiger partial charge in [-0.25, -0.2) is 23.1 Å². The lowest BCUT2D eigenvalue weighted by molar-refractivity contribution is 0.371. The summed E-state index contributed by atoms with van der Waals surface area (Å²) < 4.78 is 27.7. The Labute approximate surface area is 206 Å². The maximum absolute atomic E-state index is 12.1. The number of fused-ring (bicyclic) bond motifs is 3. The van der Waals surface area contributed by atoms with E-state index >= 15 is 0 Å². The lowest BCUT2D eigenvalue weighted by Crippen LogP contribution is -2.48. The number of aromatic nitrogens is 4. The predicted molar refractivity (Wildman–Crippen MR) is 133 cm³/mol. The first kappa shape index (κ1) is 21.8. The summed E-state index contributed by atoms with van der Waals surface area (Å²) in [7, 11) is -3.24. The highest BCUT2D eigenvalue weighted by Gasteiger charge is 2.48. The van der Waals surface area contributed by atoms with Crippen molar-refractivity contribution in [3.05, 3.63) is 64.9 Å². The van der Waals surface area contributed by atoms with Crippen molar-refractivity contribution in [2.45, 2.75) is 18.5 Å². The topological polar surface area (TPSA) is 84.2 Å². The van der Waals surface area contributed by atoms with Gasteiger partial charge in [0.05, 0.1) is 17.0 Å². The highest BCUT2D eigenvalue weighted by molar-refractivity contribution is 7.88. The van der Waals surface area contributed by atoms with E-state index in [0.717, 1.165) is 23.4 Å². The molecule has 0 aliphatic carbocycles. The second-order valence-corrected chi connectivity index (χ2v) is 11.4. The van der Waals surface area contributed by atoms with E-state index in [1.54, 1.807) is 8.99 Å². The Balaban J connectivity index is 1.53. The molecule has 2 aliphatic heterocycles. The largest absolute Gasteiger partial charge is 0.349 e. The molecule has 11 heteroatoms. The third-order valence-corrected chi connectivity index (χ3v) is 8.40. The Morgan fingerprint density at radius 2 is 1.71 bits per heavy atom. The first-order valence-corrected chi connectivity index (χ1v) is 13.4. The van der Waals surface area contributed by atoms with Gasteiger partial charge in [0.2, 0.25) is 10.0 Å². The average Bonchev–Trinajstić information content (AvgIpc) is 3.52. The number of piperazine rings is 1. The Kier molecular flexibility index (Phi) is 5.07. The summed E-state index contributed by atoms with van der Waals surface area (Å²) >= 11 is 12.7. The van der Waals surface area contributed by atoms with Gasteiger partial charge in [-0.1, -0.05) is 47.5 Å². The van der Waals surface area contributed by atoms with Crippen LogP contribution in [0.1, 0.15) is 6.42 Å². The van der Waals surface area contributed by atoms with Crippen LogP contribution < -0.4 is 4.90 Å². The van der Waals surface area contributed by atoms with Gasteiger partial charge in [0, 0.05) is 35.8 Å². The Bertz CT molecular complexity index is 1520. The van der Waals surface area contributed by atoms with Crippen LogP contribution in [0.2, 0.25) is 10.0 Å². The van der Waals surface area contributed by atoms with Crippen molar-refractivity contribution in [1.82, 2.24) is 24.1 Å². The number of anilines is 1. The third kappa shape index (κ3) is 3.46. The molecule has 6 rings (SSSR count). The fourth-order valence-corrected chi connectivity index (χ4v) is 6.53. The van der Waals surface area contributed by atoms with Gasteiger partial charge in [-0.15, -0.1) is 0 Å². The molecule has 2 atom stereocenters. The van der Waals surface area contributed by atoms with Crippen molar-refractivity contribution in [2.24, 2.45) is 0 Å². The van der Waals surface area contributed by atoms with E-state index in [-0.39, 0.29) is 12.1 Å². The third-order valence-electron chi connectivity index (χ3n) is 6.53. The summed E-state index contributed by atoms with van der Waals surface area (Å²) in [4.78, 5) is 11.3. The second-order valence-electron chi connectivity index (χ2n) is 8.64. The molecule has 34 heavy (non-hydrogen) atoms. The zero-order valence-corrected chi connectivity index (χ0v) is 20.5. The van der Waals surface area contributed by atoms with Crippen molar-refractivity contribution in [2.75, 3.05) is 24.2 Å². The van der Waals surface area contributed by atoms with Crippen LogP contribution in [0, 0.1) is 0 Å². The van der Waals surface area contributed by atoms with Gasteiger partial charge < -0.3 is 4.90 Å².